The lowest BCUT2D eigenvalue weighted by molar-refractivity contribution is -0.121. The number of thiazole rings is 1. The number of halogens is 1. The number of aromatic nitrogens is 4. The van der Waals surface area contributed by atoms with Gasteiger partial charge in [0.25, 0.3) is 11.8 Å². The van der Waals surface area contributed by atoms with Crippen molar-refractivity contribution in [3.05, 3.63) is 107 Å². The van der Waals surface area contributed by atoms with E-state index >= 15 is 4.39 Å². The first kappa shape index (κ1) is 36.6. The molecule has 0 aliphatic carbocycles. The fraction of sp³-hybridized carbons (Fsp3) is 0.341. The highest BCUT2D eigenvalue weighted by Gasteiger charge is 2.42. The molecular weight excluding hydrogens is 748 g/mol. The number of hydrogen-bond acceptors (Lipinski definition) is 10. The third-order valence-corrected chi connectivity index (χ3v) is 12.2. The highest BCUT2D eigenvalue weighted by atomic mass is 32.1. The summed E-state index contributed by atoms with van der Waals surface area (Å²) in [6, 6.07) is 12.1. The number of aryl methyl sites for hydroxylation is 1. The SMILES string of the molecule is CN(Cc1cncc(N2CCC(=O)NC2=O)c1)C1CCN(c2ccc(-c3cc(F)c4c(c3)C(=O)N(C(C(=O)Nc3nccs3)c3ncn5c3CCC5)C4)cc2)CC1. The Bertz CT molecular complexity index is 2360. The number of hydrogen-bond donors (Lipinski definition) is 2. The van der Waals surface area contributed by atoms with Crippen molar-refractivity contribution >= 4 is 51.6 Å². The van der Waals surface area contributed by atoms with E-state index in [0.29, 0.717) is 41.2 Å². The van der Waals surface area contributed by atoms with Gasteiger partial charge in [-0.1, -0.05) is 12.1 Å². The number of rotatable bonds is 10. The summed E-state index contributed by atoms with van der Waals surface area (Å²) >= 11 is 1.28. The van der Waals surface area contributed by atoms with E-state index < -0.39 is 29.7 Å². The minimum Gasteiger partial charge on any atom is -0.371 e. The summed E-state index contributed by atoms with van der Waals surface area (Å²) in [4.78, 5) is 72.6. The molecule has 4 aliphatic heterocycles. The number of anilines is 3. The first-order chi connectivity index (χ1) is 27.7. The van der Waals surface area contributed by atoms with Gasteiger partial charge in [-0.2, -0.15) is 0 Å². The Labute approximate surface area is 332 Å². The van der Waals surface area contributed by atoms with Crippen molar-refractivity contribution < 1.29 is 23.6 Å². The third-order valence-electron chi connectivity index (χ3n) is 11.5. The largest absolute Gasteiger partial charge is 0.371 e. The summed E-state index contributed by atoms with van der Waals surface area (Å²) in [5.74, 6) is -1.60. The van der Waals surface area contributed by atoms with Crippen LogP contribution in [0.15, 0.2) is 72.8 Å². The second-order valence-corrected chi connectivity index (χ2v) is 15.9. The highest BCUT2D eigenvalue weighted by molar-refractivity contribution is 7.13. The predicted octanol–water partition coefficient (Wildman–Crippen LogP) is 5.37. The van der Waals surface area contributed by atoms with Gasteiger partial charge in [0.2, 0.25) is 5.91 Å². The average molecular weight is 789 g/mol. The van der Waals surface area contributed by atoms with Gasteiger partial charge in [-0.3, -0.25) is 39.8 Å². The third kappa shape index (κ3) is 7.14. The smallest absolute Gasteiger partial charge is 0.328 e. The number of benzene rings is 2. The number of imidazole rings is 1. The van der Waals surface area contributed by atoms with Crippen LogP contribution in [0.4, 0.5) is 25.7 Å². The normalized spacial score (nSPS) is 17.6. The lowest BCUT2D eigenvalue weighted by Crippen LogP contribution is -2.49. The standard InChI is InChI=1S/C41H41FN10O4S/c1-48(22-25-17-30(21-43-20-25)51-15-10-35(53)46-41(51)56)28-8-13-49(14-9-28)29-6-4-26(5-7-29)27-18-31-32(33(42)19-27)23-52(39(31)55)37(38(54)47-40-44-11-16-57-40)36-34-3-2-12-50(34)24-45-36/h4-7,11,16-21,24,28,37H,2-3,8-10,12-15,22-23H2,1H3,(H,44,47,54)(H,46,53,56). The van der Waals surface area contributed by atoms with Crippen LogP contribution in [0.1, 0.15) is 64.6 Å². The summed E-state index contributed by atoms with van der Waals surface area (Å²) in [5.41, 5.74) is 6.07. The van der Waals surface area contributed by atoms with Crippen molar-refractivity contribution in [3.8, 4) is 11.1 Å². The van der Waals surface area contributed by atoms with Crippen LogP contribution in [-0.4, -0.2) is 85.8 Å². The van der Waals surface area contributed by atoms with Gasteiger partial charge in [-0.15, -0.1) is 11.3 Å². The number of carbonyl (C=O) groups is 4. The number of imide groups is 1. The Kier molecular flexibility index (Phi) is 9.74. The van der Waals surface area contributed by atoms with Gasteiger partial charge in [-0.25, -0.2) is 19.2 Å². The van der Waals surface area contributed by atoms with Gasteiger partial charge < -0.3 is 14.4 Å². The molecule has 0 radical (unpaired) electrons. The molecule has 3 aromatic heterocycles. The molecule has 0 saturated carbocycles. The molecule has 57 heavy (non-hydrogen) atoms. The lowest BCUT2D eigenvalue weighted by atomic mass is 9.98. The highest BCUT2D eigenvalue weighted by Crippen LogP contribution is 2.38. The van der Waals surface area contributed by atoms with Crippen molar-refractivity contribution in [1.82, 2.24) is 34.6 Å². The van der Waals surface area contributed by atoms with Crippen LogP contribution in [0.3, 0.4) is 0 Å². The quantitative estimate of drug-likeness (QED) is 0.191. The van der Waals surface area contributed by atoms with Gasteiger partial charge in [-0.05, 0) is 79.8 Å². The monoisotopic (exact) mass is 788 g/mol. The summed E-state index contributed by atoms with van der Waals surface area (Å²) in [6.45, 7) is 3.49. The molecule has 292 valence electrons. The molecule has 1 atom stereocenters. The molecule has 2 aromatic carbocycles. The number of nitrogens with zero attached hydrogens (tertiary/aromatic N) is 8. The molecule has 0 bridgehead atoms. The summed E-state index contributed by atoms with van der Waals surface area (Å²) in [7, 11) is 2.11. The number of urea groups is 1. The fourth-order valence-corrected chi connectivity index (χ4v) is 9.06. The molecule has 2 saturated heterocycles. The zero-order valence-electron chi connectivity index (χ0n) is 31.4. The summed E-state index contributed by atoms with van der Waals surface area (Å²) in [6.07, 6.45) is 10.6. The van der Waals surface area contributed by atoms with E-state index in [1.165, 1.54) is 22.3 Å². The number of fused-ring (bicyclic) bond motifs is 2. The van der Waals surface area contributed by atoms with Crippen LogP contribution in [-0.2, 0) is 35.6 Å². The van der Waals surface area contributed by atoms with E-state index in [1.807, 2.05) is 41.1 Å². The van der Waals surface area contributed by atoms with Gasteiger partial charge in [0.1, 0.15) is 5.82 Å². The van der Waals surface area contributed by atoms with E-state index in [4.69, 9.17) is 0 Å². The van der Waals surface area contributed by atoms with Gasteiger partial charge in [0.15, 0.2) is 11.2 Å². The zero-order chi connectivity index (χ0) is 39.2. The minimum atomic E-state index is -1.04. The fourth-order valence-electron chi connectivity index (χ4n) is 8.53. The van der Waals surface area contributed by atoms with E-state index in [2.05, 4.69) is 42.4 Å². The maximum atomic E-state index is 15.9. The maximum absolute atomic E-state index is 15.9. The van der Waals surface area contributed by atoms with Crippen molar-refractivity contribution in [2.75, 3.05) is 41.8 Å². The molecule has 9 rings (SSSR count). The van der Waals surface area contributed by atoms with Gasteiger partial charge in [0, 0.05) is 85.5 Å². The molecule has 16 heteroatoms. The van der Waals surface area contributed by atoms with Gasteiger partial charge >= 0.3 is 6.03 Å². The number of carbonyl (C=O) groups excluding carboxylic acids is 4. The van der Waals surface area contributed by atoms with Crippen LogP contribution < -0.4 is 20.4 Å². The Morgan fingerprint density at radius 3 is 2.60 bits per heavy atom. The lowest BCUT2D eigenvalue weighted by Gasteiger charge is -2.38. The topological polar surface area (TPSA) is 149 Å². The molecule has 7 heterocycles. The first-order valence-corrected chi connectivity index (χ1v) is 20.1. The van der Waals surface area contributed by atoms with Crippen molar-refractivity contribution in [1.29, 1.82) is 0 Å². The Balaban J connectivity index is 0.856. The van der Waals surface area contributed by atoms with E-state index in [-0.39, 0.29) is 30.0 Å². The molecule has 14 nitrogen and oxygen atoms in total. The molecule has 2 fully saturated rings. The molecule has 1 unspecified atom stereocenters. The predicted molar refractivity (Wildman–Crippen MR) is 212 cm³/mol. The van der Waals surface area contributed by atoms with E-state index in [0.717, 1.165) is 67.8 Å². The first-order valence-electron chi connectivity index (χ1n) is 19.2. The second kappa shape index (κ2) is 15.2. The van der Waals surface area contributed by atoms with Crippen LogP contribution >= 0.6 is 11.3 Å². The van der Waals surface area contributed by atoms with Crippen LogP contribution in [0.25, 0.3) is 11.1 Å². The molecule has 4 aliphatic rings. The molecular formula is C41H41FN10O4S. The van der Waals surface area contributed by atoms with Crippen molar-refractivity contribution in [2.45, 2.75) is 63.8 Å². The number of amides is 5. The molecule has 0 spiro atoms. The van der Waals surface area contributed by atoms with Crippen LogP contribution in [0.2, 0.25) is 0 Å². The average Bonchev–Trinajstić information content (AvgIpc) is 4.03. The second-order valence-electron chi connectivity index (χ2n) is 15.0. The van der Waals surface area contributed by atoms with Crippen LogP contribution in [0.5, 0.6) is 0 Å². The molecule has 5 amide bonds. The summed E-state index contributed by atoms with van der Waals surface area (Å²) < 4.78 is 17.9. The number of nitrogens with one attached hydrogen (secondary N) is 2. The van der Waals surface area contributed by atoms with Crippen molar-refractivity contribution in [3.63, 3.8) is 0 Å². The Hall–Kier alpha value is -6.00. The van der Waals surface area contributed by atoms with E-state index in [9.17, 15) is 19.2 Å². The van der Waals surface area contributed by atoms with E-state index in [1.54, 1.807) is 35.1 Å². The molecule has 2 N–H and O–H groups in total. The Morgan fingerprint density at radius 1 is 1.00 bits per heavy atom. The summed E-state index contributed by atoms with van der Waals surface area (Å²) in [5, 5.41) is 7.39. The van der Waals surface area contributed by atoms with Crippen LogP contribution in [0, 0.1) is 5.82 Å². The maximum Gasteiger partial charge on any atom is 0.328 e. The minimum absolute atomic E-state index is 0.0452. The Morgan fingerprint density at radius 2 is 1.82 bits per heavy atom. The van der Waals surface area contributed by atoms with Crippen molar-refractivity contribution in [2.24, 2.45) is 0 Å². The number of piperidine rings is 1. The zero-order valence-corrected chi connectivity index (χ0v) is 32.2. The molecule has 5 aromatic rings. The number of pyridine rings is 1. The van der Waals surface area contributed by atoms with Gasteiger partial charge in [0.05, 0.1) is 30.5 Å².